The second-order valence-corrected chi connectivity index (χ2v) is 16.9. The number of carbonyl (C=O) groups excluding carboxylic acids is 5. The number of carbonyl (C=O) groups is 5. The maximum Gasteiger partial charge on any atom is 0.341 e. The molecule has 2 aromatic rings. The van der Waals surface area contributed by atoms with Crippen LogP contribution in [0.2, 0.25) is 0 Å². The summed E-state index contributed by atoms with van der Waals surface area (Å²) >= 11 is 0. The van der Waals surface area contributed by atoms with Gasteiger partial charge in [-0.05, 0) is 63.3 Å². The molecule has 2 heterocycles. The molecule has 5 N–H and O–H groups in total. The van der Waals surface area contributed by atoms with Crippen molar-refractivity contribution in [1.82, 2.24) is 30.5 Å². The molecule has 290 valence electrons. The van der Waals surface area contributed by atoms with E-state index in [2.05, 4.69) is 20.9 Å². The third kappa shape index (κ3) is 8.74. The highest BCUT2D eigenvalue weighted by Crippen LogP contribution is 2.35. The first kappa shape index (κ1) is 39.9. The number of rotatable bonds is 13. The number of amides is 4. The van der Waals surface area contributed by atoms with E-state index in [0.29, 0.717) is 18.5 Å². The average Bonchev–Trinajstić information content (AvgIpc) is 3.80. The van der Waals surface area contributed by atoms with E-state index in [0.717, 1.165) is 62.8 Å². The van der Waals surface area contributed by atoms with Gasteiger partial charge in [0, 0.05) is 18.5 Å². The Kier molecular flexibility index (Phi) is 12.0. The smallest absolute Gasteiger partial charge is 0.341 e. The fourth-order valence-corrected chi connectivity index (χ4v) is 8.59. The van der Waals surface area contributed by atoms with Gasteiger partial charge >= 0.3 is 5.76 Å². The highest BCUT2D eigenvalue weighted by atomic mass is 32.2. The van der Waals surface area contributed by atoms with Crippen LogP contribution in [-0.2, 0) is 34.6 Å². The number of likely N-dealkylation sites (tertiary alicyclic amines) is 1. The van der Waals surface area contributed by atoms with Gasteiger partial charge in [-0.3, -0.25) is 24.0 Å². The van der Waals surface area contributed by atoms with E-state index in [9.17, 15) is 46.3 Å². The number of aliphatic hydroxyl groups is 1. The lowest BCUT2D eigenvalue weighted by Gasteiger charge is -2.38. The molecule has 1 aromatic heterocycles. The van der Waals surface area contributed by atoms with Gasteiger partial charge in [-0.15, -0.1) is 5.10 Å². The number of hydrogen-bond donors (Lipinski definition) is 4. The van der Waals surface area contributed by atoms with Gasteiger partial charge in [-0.25, -0.2) is 13.1 Å². The summed E-state index contributed by atoms with van der Waals surface area (Å²) in [6.45, 7) is 2.99. The molecule has 3 aliphatic rings. The molecule has 15 nitrogen and oxygen atoms in total. The quantitative estimate of drug-likeness (QED) is 0.218. The predicted octanol–water partition coefficient (Wildman–Crippen LogP) is 2.29. The standard InChI is InChI=1S/C35H47F2N7O8S/c1-34(2,50)27-19-39-42-44(27)23-18-26(31(48)41-35(28(45)29(38)46)15-7-4-8-16-35)43(20-23)32(49)25(17-21-9-5-3-6-10-21)40-30(47)22-11-13-24(14-12-22)53(51,52)33(36)37/h11-14,19,21,23,25-26,33,50H,3-10,15-18,20H2,1-2H3,(H2,38,46)(H,40,47)(H,41,48)/t23?,25-,26?/m1/s1. The predicted molar refractivity (Wildman–Crippen MR) is 185 cm³/mol. The lowest BCUT2D eigenvalue weighted by atomic mass is 9.78. The highest BCUT2D eigenvalue weighted by molar-refractivity contribution is 7.91. The summed E-state index contributed by atoms with van der Waals surface area (Å²) in [4.78, 5) is 68.5. The van der Waals surface area contributed by atoms with Crippen LogP contribution in [0.4, 0.5) is 8.78 Å². The van der Waals surface area contributed by atoms with Crippen LogP contribution in [0.1, 0.15) is 113 Å². The molecule has 18 heteroatoms. The van der Waals surface area contributed by atoms with Crippen LogP contribution in [0.5, 0.6) is 0 Å². The Balaban J connectivity index is 1.48. The van der Waals surface area contributed by atoms with E-state index in [4.69, 9.17) is 5.73 Å². The second-order valence-electron chi connectivity index (χ2n) is 14.9. The number of nitrogens with one attached hydrogen (secondary N) is 2. The molecular weight excluding hydrogens is 716 g/mol. The number of hydrogen-bond acceptors (Lipinski definition) is 10. The largest absolute Gasteiger partial charge is 0.384 e. The van der Waals surface area contributed by atoms with Gasteiger partial charge in [-0.2, -0.15) is 8.78 Å². The zero-order valence-corrected chi connectivity index (χ0v) is 30.6. The maximum atomic E-state index is 14.7. The number of nitrogens with zero attached hydrogens (tertiary/aromatic N) is 4. The van der Waals surface area contributed by atoms with Gasteiger partial charge in [0.15, 0.2) is 0 Å². The van der Waals surface area contributed by atoms with Crippen molar-refractivity contribution < 1.29 is 46.3 Å². The molecule has 2 saturated carbocycles. The fourth-order valence-electron chi connectivity index (χ4n) is 7.87. The normalized spacial score (nSPS) is 21.6. The Morgan fingerprint density at radius 3 is 2.23 bits per heavy atom. The fraction of sp³-hybridized carbons (Fsp3) is 0.629. The molecule has 5 rings (SSSR count). The minimum atomic E-state index is -4.90. The molecule has 4 amide bonds. The first-order valence-electron chi connectivity index (χ1n) is 18.0. The van der Waals surface area contributed by atoms with Gasteiger partial charge in [0.05, 0.1) is 22.8 Å². The van der Waals surface area contributed by atoms with Crippen molar-refractivity contribution in [2.24, 2.45) is 11.7 Å². The third-order valence-corrected chi connectivity index (χ3v) is 12.1. The minimum absolute atomic E-state index is 0.00494. The van der Waals surface area contributed by atoms with E-state index in [1.54, 1.807) is 0 Å². The molecule has 0 spiro atoms. The van der Waals surface area contributed by atoms with Crippen molar-refractivity contribution in [2.75, 3.05) is 6.54 Å². The van der Waals surface area contributed by atoms with Crippen molar-refractivity contribution in [3.05, 3.63) is 41.7 Å². The highest BCUT2D eigenvalue weighted by Gasteiger charge is 2.49. The summed E-state index contributed by atoms with van der Waals surface area (Å²) in [5.74, 6) is -7.75. The first-order chi connectivity index (χ1) is 24.9. The van der Waals surface area contributed by atoms with Gasteiger partial charge < -0.3 is 26.4 Å². The number of halogens is 2. The van der Waals surface area contributed by atoms with Gasteiger partial charge in [-0.1, -0.05) is 56.6 Å². The monoisotopic (exact) mass is 763 g/mol. The minimum Gasteiger partial charge on any atom is -0.384 e. The molecule has 3 atom stereocenters. The molecule has 0 bridgehead atoms. The molecule has 2 unspecified atom stereocenters. The number of aromatic nitrogens is 3. The third-order valence-electron chi connectivity index (χ3n) is 10.7. The van der Waals surface area contributed by atoms with Crippen LogP contribution in [-0.4, -0.2) is 92.8 Å². The van der Waals surface area contributed by atoms with Crippen molar-refractivity contribution >= 4 is 39.2 Å². The first-order valence-corrected chi connectivity index (χ1v) is 19.5. The lowest BCUT2D eigenvalue weighted by Crippen LogP contribution is -2.62. The molecule has 0 radical (unpaired) electrons. The zero-order chi connectivity index (χ0) is 38.7. The van der Waals surface area contributed by atoms with Gasteiger partial charge in [0.1, 0.15) is 23.2 Å². The van der Waals surface area contributed by atoms with E-state index in [1.807, 2.05) is 0 Å². The van der Waals surface area contributed by atoms with Crippen LogP contribution < -0.4 is 16.4 Å². The molecule has 1 aliphatic heterocycles. The van der Waals surface area contributed by atoms with E-state index >= 15 is 0 Å². The number of sulfone groups is 1. The molecular formula is C35H47F2N7O8S. The van der Waals surface area contributed by atoms with Crippen LogP contribution in [0.25, 0.3) is 0 Å². The number of nitrogens with two attached hydrogens (primary N) is 1. The number of Topliss-reactive ketones (excluding diaryl/α,β-unsaturated/α-hetero) is 1. The Labute approximate surface area is 306 Å². The van der Waals surface area contributed by atoms with E-state index < -0.39 is 79.2 Å². The summed E-state index contributed by atoms with van der Waals surface area (Å²) in [6, 6.07) is 0.927. The molecule has 1 aromatic carbocycles. The molecule has 2 aliphatic carbocycles. The van der Waals surface area contributed by atoms with Crippen molar-refractivity contribution in [3.8, 4) is 0 Å². The molecule has 53 heavy (non-hydrogen) atoms. The Morgan fingerprint density at radius 2 is 1.64 bits per heavy atom. The average molecular weight is 764 g/mol. The molecule has 3 fully saturated rings. The SMILES string of the molecule is CC(C)(O)c1cnnn1C1CC(C(=O)NC2(C(=O)C(N)=O)CCCCC2)N(C(=O)[C@@H](CC2CCCCC2)NC(=O)c2ccc(S(=O)(=O)C(F)F)cc2)C1. The summed E-state index contributed by atoms with van der Waals surface area (Å²) in [5, 5.41) is 24.5. The summed E-state index contributed by atoms with van der Waals surface area (Å²) in [6.07, 6.45) is 8.38. The Bertz CT molecular complexity index is 1800. The maximum absolute atomic E-state index is 14.7. The summed E-state index contributed by atoms with van der Waals surface area (Å²) < 4.78 is 51.5. The molecule has 1 saturated heterocycles. The van der Waals surface area contributed by atoms with Gasteiger partial charge in [0.25, 0.3) is 11.8 Å². The van der Waals surface area contributed by atoms with Crippen LogP contribution in [0.3, 0.4) is 0 Å². The Morgan fingerprint density at radius 1 is 1.02 bits per heavy atom. The second kappa shape index (κ2) is 16.0. The number of alkyl halides is 2. The zero-order valence-electron chi connectivity index (χ0n) is 29.8. The van der Waals surface area contributed by atoms with Crippen molar-refractivity contribution in [3.63, 3.8) is 0 Å². The number of primary amides is 1. The lowest BCUT2D eigenvalue weighted by molar-refractivity contribution is -0.145. The van der Waals surface area contributed by atoms with Gasteiger partial charge in [0.2, 0.25) is 27.4 Å². The van der Waals surface area contributed by atoms with Crippen molar-refractivity contribution in [2.45, 2.75) is 131 Å². The van der Waals surface area contributed by atoms with Crippen LogP contribution >= 0.6 is 0 Å². The number of ketones is 1. The topological polar surface area (TPSA) is 224 Å². The van der Waals surface area contributed by atoms with E-state index in [1.165, 1.54) is 29.6 Å². The van der Waals surface area contributed by atoms with Crippen LogP contribution in [0.15, 0.2) is 35.4 Å². The Hall–Kier alpha value is -4.32. The van der Waals surface area contributed by atoms with Crippen molar-refractivity contribution in [1.29, 1.82) is 0 Å². The summed E-state index contributed by atoms with van der Waals surface area (Å²) in [7, 11) is -4.90. The summed E-state index contributed by atoms with van der Waals surface area (Å²) in [5.41, 5.74) is 2.74. The van der Waals surface area contributed by atoms with Crippen LogP contribution in [0, 0.1) is 5.92 Å². The van der Waals surface area contributed by atoms with E-state index in [-0.39, 0.29) is 43.7 Å². The number of benzene rings is 1.